The summed E-state index contributed by atoms with van der Waals surface area (Å²) >= 11 is 11.9. The first-order valence-corrected chi connectivity index (χ1v) is 12.9. The van der Waals surface area contributed by atoms with Crippen molar-refractivity contribution in [3.8, 4) is 0 Å². The summed E-state index contributed by atoms with van der Waals surface area (Å²) in [7, 11) is -3.55. The SMILES string of the molecule is Cc1ccc(C(=O)COC(=O)[C@@H](CCS(C)(=O)=O)N2C(=O)c3cc(Cl)c(Cl)cc3C2=O)cc1C. The van der Waals surface area contributed by atoms with Crippen LogP contribution in [0.4, 0.5) is 0 Å². The number of benzene rings is 2. The van der Waals surface area contributed by atoms with E-state index in [1.807, 2.05) is 13.8 Å². The van der Waals surface area contributed by atoms with Crippen LogP contribution in [0.25, 0.3) is 0 Å². The lowest BCUT2D eigenvalue weighted by Crippen LogP contribution is -2.46. The van der Waals surface area contributed by atoms with E-state index in [0.717, 1.165) is 17.4 Å². The minimum absolute atomic E-state index is 0.0395. The molecule has 0 spiro atoms. The lowest BCUT2D eigenvalue weighted by molar-refractivity contribution is -0.147. The fourth-order valence-electron chi connectivity index (χ4n) is 3.44. The smallest absolute Gasteiger partial charge is 0.329 e. The molecule has 0 N–H and O–H groups in total. The van der Waals surface area contributed by atoms with Gasteiger partial charge in [0.1, 0.15) is 15.9 Å². The number of sulfone groups is 1. The van der Waals surface area contributed by atoms with Crippen LogP contribution in [-0.2, 0) is 19.4 Å². The number of hydrogen-bond acceptors (Lipinski definition) is 7. The average molecular weight is 526 g/mol. The summed E-state index contributed by atoms with van der Waals surface area (Å²) in [5.41, 5.74) is 2.06. The highest BCUT2D eigenvalue weighted by molar-refractivity contribution is 7.90. The van der Waals surface area contributed by atoms with E-state index in [9.17, 15) is 27.6 Å². The Morgan fingerprint density at radius 2 is 1.53 bits per heavy atom. The van der Waals surface area contributed by atoms with Crippen molar-refractivity contribution in [2.75, 3.05) is 18.6 Å². The van der Waals surface area contributed by atoms with E-state index < -0.39 is 58.2 Å². The summed E-state index contributed by atoms with van der Waals surface area (Å²) in [5.74, 6) is -3.73. The predicted molar refractivity (Wildman–Crippen MR) is 126 cm³/mol. The second kappa shape index (κ2) is 9.85. The summed E-state index contributed by atoms with van der Waals surface area (Å²) in [6, 6.07) is 5.87. The van der Waals surface area contributed by atoms with Gasteiger partial charge in [-0.2, -0.15) is 0 Å². The lowest BCUT2D eigenvalue weighted by atomic mass is 10.0. The van der Waals surface area contributed by atoms with Crippen LogP contribution in [-0.4, -0.2) is 61.5 Å². The maximum Gasteiger partial charge on any atom is 0.329 e. The third-order valence-electron chi connectivity index (χ3n) is 5.48. The van der Waals surface area contributed by atoms with Gasteiger partial charge in [0.05, 0.1) is 26.9 Å². The first kappa shape index (κ1) is 25.9. The molecule has 3 rings (SSSR count). The van der Waals surface area contributed by atoms with Gasteiger partial charge in [-0.25, -0.2) is 13.2 Å². The molecule has 0 unspecified atom stereocenters. The Morgan fingerprint density at radius 3 is 2.03 bits per heavy atom. The zero-order valence-corrected chi connectivity index (χ0v) is 20.9. The van der Waals surface area contributed by atoms with Crippen LogP contribution in [0.3, 0.4) is 0 Å². The zero-order chi connectivity index (χ0) is 25.4. The molecule has 0 bridgehead atoms. The molecule has 0 aromatic heterocycles. The van der Waals surface area contributed by atoms with Crippen molar-refractivity contribution in [3.63, 3.8) is 0 Å². The van der Waals surface area contributed by atoms with Crippen LogP contribution in [0.15, 0.2) is 30.3 Å². The Hall–Kier alpha value is -2.75. The molecule has 0 fully saturated rings. The Balaban J connectivity index is 1.85. The fourth-order valence-corrected chi connectivity index (χ4v) is 4.42. The van der Waals surface area contributed by atoms with Crippen LogP contribution in [0.1, 0.15) is 48.6 Å². The molecule has 2 aromatic rings. The van der Waals surface area contributed by atoms with Crippen LogP contribution in [0, 0.1) is 13.8 Å². The summed E-state index contributed by atoms with van der Waals surface area (Å²) in [6.45, 7) is 3.08. The maximum atomic E-state index is 12.9. The first-order valence-electron chi connectivity index (χ1n) is 10.1. The van der Waals surface area contributed by atoms with Gasteiger partial charge in [-0.15, -0.1) is 0 Å². The summed E-state index contributed by atoms with van der Waals surface area (Å²) in [5, 5.41) is 0.0790. The highest BCUT2D eigenvalue weighted by Crippen LogP contribution is 2.33. The molecule has 0 saturated carbocycles. The van der Waals surface area contributed by atoms with Crippen molar-refractivity contribution in [3.05, 3.63) is 68.2 Å². The van der Waals surface area contributed by atoms with Crippen molar-refractivity contribution < 1.29 is 32.3 Å². The second-order valence-corrected chi connectivity index (χ2v) is 11.1. The Kier molecular flexibility index (Phi) is 7.50. The number of amides is 2. The van der Waals surface area contributed by atoms with Gasteiger partial charge in [0.2, 0.25) is 0 Å². The molecule has 1 heterocycles. The van der Waals surface area contributed by atoms with E-state index in [4.69, 9.17) is 27.9 Å². The number of rotatable bonds is 8. The standard InChI is InChI=1S/C23H21Cl2NO7S/c1-12-4-5-14(8-13(12)2)20(27)11-33-23(30)19(6-7-34(3,31)32)26-21(28)15-9-17(24)18(25)10-16(15)22(26)29/h4-5,8-10,19H,6-7,11H2,1-3H3/t19-/m1/s1. The molecule has 8 nitrogen and oxygen atoms in total. The predicted octanol–water partition coefficient (Wildman–Crippen LogP) is 3.44. The van der Waals surface area contributed by atoms with Gasteiger partial charge >= 0.3 is 5.97 Å². The monoisotopic (exact) mass is 525 g/mol. The van der Waals surface area contributed by atoms with E-state index in [1.165, 1.54) is 12.1 Å². The molecule has 0 radical (unpaired) electrons. The van der Waals surface area contributed by atoms with Crippen LogP contribution in [0.5, 0.6) is 0 Å². The van der Waals surface area contributed by atoms with Gasteiger partial charge in [0.15, 0.2) is 12.4 Å². The number of nitrogens with zero attached hydrogens (tertiary/aromatic N) is 1. The molecule has 34 heavy (non-hydrogen) atoms. The summed E-state index contributed by atoms with van der Waals surface area (Å²) in [6.07, 6.45) is 0.559. The van der Waals surface area contributed by atoms with Crippen molar-refractivity contribution in [1.29, 1.82) is 0 Å². The molecule has 2 amide bonds. The number of ketones is 1. The molecule has 1 atom stereocenters. The van der Waals surface area contributed by atoms with Gasteiger partial charge < -0.3 is 4.74 Å². The average Bonchev–Trinajstić information content (AvgIpc) is 2.98. The molecular weight excluding hydrogens is 505 g/mol. The van der Waals surface area contributed by atoms with Gasteiger partial charge in [-0.3, -0.25) is 19.3 Å². The Labute approximate surface area is 206 Å². The molecule has 11 heteroatoms. The number of hydrogen-bond donors (Lipinski definition) is 0. The van der Waals surface area contributed by atoms with Crippen LogP contribution >= 0.6 is 23.2 Å². The Morgan fingerprint density at radius 1 is 0.971 bits per heavy atom. The van der Waals surface area contributed by atoms with Crippen LogP contribution in [0.2, 0.25) is 10.0 Å². The van der Waals surface area contributed by atoms with E-state index in [0.29, 0.717) is 10.5 Å². The minimum Gasteiger partial charge on any atom is -0.456 e. The van der Waals surface area contributed by atoms with Gasteiger partial charge in [-0.1, -0.05) is 35.3 Å². The molecule has 2 aromatic carbocycles. The topological polar surface area (TPSA) is 115 Å². The number of fused-ring (bicyclic) bond motifs is 1. The quantitative estimate of drug-likeness (QED) is 0.294. The van der Waals surface area contributed by atoms with Crippen molar-refractivity contribution >= 4 is 56.6 Å². The van der Waals surface area contributed by atoms with Crippen molar-refractivity contribution in [1.82, 2.24) is 4.90 Å². The highest BCUT2D eigenvalue weighted by Gasteiger charge is 2.44. The number of Topliss-reactive ketones (excluding diaryl/α,β-unsaturated/α-hetero) is 1. The van der Waals surface area contributed by atoms with Crippen molar-refractivity contribution in [2.24, 2.45) is 0 Å². The number of imide groups is 1. The third kappa shape index (κ3) is 5.48. The fraction of sp³-hybridized carbons (Fsp3) is 0.304. The maximum absolute atomic E-state index is 12.9. The number of esters is 1. The van der Waals surface area contributed by atoms with Gasteiger partial charge in [0.25, 0.3) is 11.8 Å². The minimum atomic E-state index is -3.55. The first-order chi connectivity index (χ1) is 15.8. The lowest BCUT2D eigenvalue weighted by Gasteiger charge is -2.24. The van der Waals surface area contributed by atoms with Crippen molar-refractivity contribution in [2.45, 2.75) is 26.3 Å². The van der Waals surface area contributed by atoms with Crippen LogP contribution < -0.4 is 0 Å². The number of halogens is 2. The largest absolute Gasteiger partial charge is 0.456 e. The third-order valence-corrected chi connectivity index (χ3v) is 7.18. The molecule has 180 valence electrons. The number of aryl methyl sites for hydroxylation is 2. The normalized spacial score (nSPS) is 14.2. The van der Waals surface area contributed by atoms with Gasteiger partial charge in [0, 0.05) is 11.8 Å². The molecular formula is C23H21Cl2NO7S. The molecule has 1 aliphatic rings. The van der Waals surface area contributed by atoms with E-state index in [1.54, 1.807) is 18.2 Å². The highest BCUT2D eigenvalue weighted by atomic mass is 35.5. The zero-order valence-electron chi connectivity index (χ0n) is 18.6. The van der Waals surface area contributed by atoms with Gasteiger partial charge in [-0.05, 0) is 49.6 Å². The number of carbonyl (C=O) groups excluding carboxylic acids is 4. The van der Waals surface area contributed by atoms with E-state index in [-0.39, 0.29) is 21.2 Å². The number of ether oxygens (including phenoxy) is 1. The summed E-state index contributed by atoms with van der Waals surface area (Å²) < 4.78 is 28.6. The molecule has 0 aliphatic carbocycles. The van der Waals surface area contributed by atoms with E-state index in [2.05, 4.69) is 0 Å². The molecule has 0 saturated heterocycles. The number of carbonyl (C=O) groups is 4. The summed E-state index contributed by atoms with van der Waals surface area (Å²) in [4.78, 5) is 51.9. The Bertz CT molecular complexity index is 1280. The van der Waals surface area contributed by atoms with E-state index >= 15 is 0 Å². The second-order valence-electron chi connectivity index (χ2n) is 8.06. The molecule has 1 aliphatic heterocycles.